The van der Waals surface area contributed by atoms with Crippen molar-refractivity contribution < 1.29 is 4.79 Å². The molecule has 6 heteroatoms. The number of amides is 1. The summed E-state index contributed by atoms with van der Waals surface area (Å²) in [6.45, 7) is 3.52. The van der Waals surface area contributed by atoms with Crippen LogP contribution in [0, 0.1) is 5.92 Å². The minimum atomic E-state index is 0.0808. The standard InChI is InChI=1S/C15H19N3OS2/c1-10-4-2-6-18(11(10)8-16)15(19)13-9-17-14(21-13)12-5-3-7-20-12/h3,5,7,9-11H,2,4,6,8,16H2,1H3. The maximum absolute atomic E-state index is 12.7. The number of carbonyl (C=O) groups is 1. The molecule has 1 aliphatic heterocycles. The Bertz CT molecular complexity index is 608. The summed E-state index contributed by atoms with van der Waals surface area (Å²) in [6.07, 6.45) is 3.91. The SMILES string of the molecule is CC1CCCN(C(=O)c2cnc(-c3cccs3)s2)C1CN. The Morgan fingerprint density at radius 3 is 3.14 bits per heavy atom. The lowest BCUT2D eigenvalue weighted by molar-refractivity contribution is 0.0537. The molecule has 1 saturated heterocycles. The predicted octanol–water partition coefficient (Wildman–Crippen LogP) is 3.07. The van der Waals surface area contributed by atoms with E-state index in [9.17, 15) is 4.79 Å². The summed E-state index contributed by atoms with van der Waals surface area (Å²) in [5.74, 6) is 0.551. The van der Waals surface area contributed by atoms with Crippen LogP contribution in [0.2, 0.25) is 0 Å². The van der Waals surface area contributed by atoms with E-state index in [4.69, 9.17) is 5.73 Å². The van der Waals surface area contributed by atoms with Gasteiger partial charge >= 0.3 is 0 Å². The predicted molar refractivity (Wildman–Crippen MR) is 87.7 cm³/mol. The van der Waals surface area contributed by atoms with Crippen LogP contribution in [0.15, 0.2) is 23.7 Å². The van der Waals surface area contributed by atoms with Crippen LogP contribution in [0.25, 0.3) is 9.88 Å². The number of rotatable bonds is 3. The summed E-state index contributed by atoms with van der Waals surface area (Å²) in [5.41, 5.74) is 5.88. The second-order valence-electron chi connectivity index (χ2n) is 5.43. The van der Waals surface area contributed by atoms with Gasteiger partial charge in [-0.25, -0.2) is 4.98 Å². The minimum Gasteiger partial charge on any atom is -0.333 e. The molecule has 0 aliphatic carbocycles. The van der Waals surface area contributed by atoms with Gasteiger partial charge in [0.2, 0.25) is 0 Å². The number of nitrogens with two attached hydrogens (primary N) is 1. The van der Waals surface area contributed by atoms with Crippen molar-refractivity contribution in [2.24, 2.45) is 11.7 Å². The van der Waals surface area contributed by atoms with E-state index < -0.39 is 0 Å². The lowest BCUT2D eigenvalue weighted by atomic mass is 9.90. The first kappa shape index (κ1) is 14.7. The number of hydrogen-bond donors (Lipinski definition) is 1. The van der Waals surface area contributed by atoms with E-state index in [1.807, 2.05) is 22.4 Å². The highest BCUT2D eigenvalue weighted by atomic mass is 32.1. The maximum Gasteiger partial charge on any atom is 0.265 e. The Morgan fingerprint density at radius 2 is 2.43 bits per heavy atom. The van der Waals surface area contributed by atoms with Crippen LogP contribution in [0.5, 0.6) is 0 Å². The third kappa shape index (κ3) is 2.88. The highest BCUT2D eigenvalue weighted by molar-refractivity contribution is 7.21. The van der Waals surface area contributed by atoms with E-state index in [0.29, 0.717) is 17.3 Å². The zero-order valence-corrected chi connectivity index (χ0v) is 13.6. The van der Waals surface area contributed by atoms with Gasteiger partial charge in [-0.3, -0.25) is 4.79 Å². The lowest BCUT2D eigenvalue weighted by Crippen LogP contribution is -2.51. The number of carbonyl (C=O) groups excluding carboxylic acids is 1. The van der Waals surface area contributed by atoms with E-state index >= 15 is 0 Å². The first-order valence-electron chi connectivity index (χ1n) is 7.21. The number of nitrogens with zero attached hydrogens (tertiary/aromatic N) is 2. The zero-order chi connectivity index (χ0) is 14.8. The molecule has 1 aliphatic rings. The van der Waals surface area contributed by atoms with E-state index in [1.165, 1.54) is 11.3 Å². The summed E-state index contributed by atoms with van der Waals surface area (Å²) < 4.78 is 0. The van der Waals surface area contributed by atoms with Crippen LogP contribution >= 0.6 is 22.7 Å². The van der Waals surface area contributed by atoms with E-state index in [1.54, 1.807) is 17.5 Å². The summed E-state index contributed by atoms with van der Waals surface area (Å²) in [4.78, 5) is 20.9. The van der Waals surface area contributed by atoms with Crippen LogP contribution < -0.4 is 5.73 Å². The number of piperidine rings is 1. The third-order valence-electron chi connectivity index (χ3n) is 4.07. The highest BCUT2D eigenvalue weighted by Gasteiger charge is 2.32. The monoisotopic (exact) mass is 321 g/mol. The molecule has 21 heavy (non-hydrogen) atoms. The Labute approximate surface area is 132 Å². The van der Waals surface area contributed by atoms with Crippen molar-refractivity contribution in [3.63, 3.8) is 0 Å². The van der Waals surface area contributed by atoms with Crippen molar-refractivity contribution in [2.75, 3.05) is 13.1 Å². The summed E-state index contributed by atoms with van der Waals surface area (Å²) in [7, 11) is 0. The van der Waals surface area contributed by atoms with Crippen LogP contribution in [0.3, 0.4) is 0 Å². The molecular formula is C15H19N3OS2. The molecule has 3 heterocycles. The summed E-state index contributed by atoms with van der Waals surface area (Å²) in [6, 6.07) is 4.18. The van der Waals surface area contributed by atoms with Crippen molar-refractivity contribution in [1.29, 1.82) is 0 Å². The molecule has 4 nitrogen and oxygen atoms in total. The topological polar surface area (TPSA) is 59.2 Å². The number of likely N-dealkylation sites (tertiary alicyclic amines) is 1. The largest absolute Gasteiger partial charge is 0.333 e. The first-order chi connectivity index (χ1) is 10.2. The Morgan fingerprint density at radius 1 is 1.57 bits per heavy atom. The number of thiophene rings is 1. The molecule has 1 fully saturated rings. The first-order valence-corrected chi connectivity index (χ1v) is 8.91. The normalized spacial score (nSPS) is 22.5. The number of thiazole rings is 1. The van der Waals surface area contributed by atoms with Gasteiger partial charge in [-0.05, 0) is 30.2 Å². The Hall–Kier alpha value is -1.24. The van der Waals surface area contributed by atoms with Gasteiger partial charge < -0.3 is 10.6 Å². The van der Waals surface area contributed by atoms with Gasteiger partial charge in [-0.2, -0.15) is 0 Å². The van der Waals surface area contributed by atoms with E-state index in [-0.39, 0.29) is 11.9 Å². The quantitative estimate of drug-likeness (QED) is 0.945. The van der Waals surface area contributed by atoms with Gasteiger partial charge in [0.15, 0.2) is 0 Å². The molecule has 0 spiro atoms. The third-order valence-corrected chi connectivity index (χ3v) is 6.09. The molecule has 1 amide bonds. The number of hydrogen-bond acceptors (Lipinski definition) is 5. The van der Waals surface area contributed by atoms with Crippen LogP contribution in [-0.4, -0.2) is 34.9 Å². The van der Waals surface area contributed by atoms with Crippen LogP contribution in [-0.2, 0) is 0 Å². The van der Waals surface area contributed by atoms with Gasteiger partial charge in [-0.1, -0.05) is 13.0 Å². The fourth-order valence-electron chi connectivity index (χ4n) is 2.89. The molecule has 3 rings (SSSR count). The van der Waals surface area contributed by atoms with Gasteiger partial charge in [0.05, 0.1) is 11.1 Å². The second kappa shape index (κ2) is 6.25. The van der Waals surface area contributed by atoms with Gasteiger partial charge in [0.25, 0.3) is 5.91 Å². The van der Waals surface area contributed by atoms with Crippen molar-refractivity contribution in [3.05, 3.63) is 28.6 Å². The average molecular weight is 321 g/mol. The molecule has 2 unspecified atom stereocenters. The molecule has 112 valence electrons. The smallest absolute Gasteiger partial charge is 0.265 e. The highest BCUT2D eigenvalue weighted by Crippen LogP contribution is 2.31. The summed E-state index contributed by atoms with van der Waals surface area (Å²) in [5, 5.41) is 2.94. The van der Waals surface area contributed by atoms with E-state index in [0.717, 1.165) is 29.3 Å². The van der Waals surface area contributed by atoms with Crippen molar-refractivity contribution in [2.45, 2.75) is 25.8 Å². The fourth-order valence-corrected chi connectivity index (χ4v) is 4.57. The minimum absolute atomic E-state index is 0.0808. The molecule has 0 bridgehead atoms. The number of aromatic nitrogens is 1. The van der Waals surface area contributed by atoms with Gasteiger partial charge in [-0.15, -0.1) is 22.7 Å². The Kier molecular flexibility index (Phi) is 4.37. The lowest BCUT2D eigenvalue weighted by Gasteiger charge is -2.39. The van der Waals surface area contributed by atoms with Crippen LogP contribution in [0.4, 0.5) is 0 Å². The molecule has 2 atom stereocenters. The molecule has 0 aromatic carbocycles. The van der Waals surface area contributed by atoms with Crippen molar-refractivity contribution in [1.82, 2.24) is 9.88 Å². The van der Waals surface area contributed by atoms with Crippen molar-refractivity contribution >= 4 is 28.6 Å². The molecule has 2 N–H and O–H groups in total. The average Bonchev–Trinajstić information content (AvgIpc) is 3.16. The maximum atomic E-state index is 12.7. The Balaban J connectivity index is 1.81. The van der Waals surface area contributed by atoms with Gasteiger partial charge in [0, 0.05) is 19.1 Å². The molecule has 0 radical (unpaired) electrons. The second-order valence-corrected chi connectivity index (χ2v) is 7.41. The molecular weight excluding hydrogens is 302 g/mol. The molecule has 2 aromatic rings. The molecule has 0 saturated carbocycles. The summed E-state index contributed by atoms with van der Waals surface area (Å²) >= 11 is 3.12. The van der Waals surface area contributed by atoms with Crippen LogP contribution in [0.1, 0.15) is 29.4 Å². The van der Waals surface area contributed by atoms with Crippen molar-refractivity contribution in [3.8, 4) is 9.88 Å². The molecule has 2 aromatic heterocycles. The fraction of sp³-hybridized carbons (Fsp3) is 0.467. The van der Waals surface area contributed by atoms with Gasteiger partial charge in [0.1, 0.15) is 9.88 Å². The van der Waals surface area contributed by atoms with E-state index in [2.05, 4.69) is 11.9 Å². The zero-order valence-electron chi connectivity index (χ0n) is 12.0.